The van der Waals surface area contributed by atoms with Gasteiger partial charge in [-0.15, -0.1) is 0 Å². The minimum atomic E-state index is -1.71. The number of rotatable bonds is 20. The zero-order valence-corrected chi connectivity index (χ0v) is 22.1. The van der Waals surface area contributed by atoms with Crippen LogP contribution in [-0.4, -0.2) is 74.7 Å². The number of unbranched alkanes of at least 4 members (excludes halogenated alkanes) is 9. The lowest BCUT2D eigenvalue weighted by molar-refractivity contribution is -0.959. The van der Waals surface area contributed by atoms with Gasteiger partial charge in [-0.1, -0.05) is 64.7 Å². The summed E-state index contributed by atoms with van der Waals surface area (Å²) in [5.41, 5.74) is -1.71. The van der Waals surface area contributed by atoms with Crippen molar-refractivity contribution in [1.29, 1.82) is 0 Å². The Hall–Kier alpha value is -1.18. The molecule has 7 heteroatoms. The van der Waals surface area contributed by atoms with E-state index in [0.29, 0.717) is 12.8 Å². The molecular formula is C26H52NO6+. The second-order valence-electron chi connectivity index (χ2n) is 10.6. The third kappa shape index (κ3) is 9.91. The first kappa shape index (κ1) is 31.8. The van der Waals surface area contributed by atoms with E-state index < -0.39 is 35.6 Å². The summed E-state index contributed by atoms with van der Waals surface area (Å²) >= 11 is 0. The standard InChI is InChI=1S/C26H51NO6/c1-7-8-9-10-11-12-13-14-15-16-17-23(18-20(2)28)27(5,6)26(25(32)33,19-21(3)29)22(4)24(30)31/h20-23,28-29H,7-19H2,1-6H3,(H-,30,31,32,33)/p+1. The summed E-state index contributed by atoms with van der Waals surface area (Å²) < 4.78 is -0.0942. The van der Waals surface area contributed by atoms with E-state index in [0.717, 1.165) is 19.3 Å². The number of carboxylic acids is 2. The van der Waals surface area contributed by atoms with E-state index >= 15 is 0 Å². The maximum Gasteiger partial charge on any atom is 0.366 e. The minimum Gasteiger partial charge on any atom is -0.481 e. The van der Waals surface area contributed by atoms with Gasteiger partial charge in [-0.25, -0.2) is 4.79 Å². The van der Waals surface area contributed by atoms with Crippen molar-refractivity contribution in [3.05, 3.63) is 0 Å². The first-order chi connectivity index (χ1) is 15.3. The lowest BCUT2D eigenvalue weighted by atomic mass is 9.75. The molecule has 0 saturated carbocycles. The highest BCUT2D eigenvalue weighted by atomic mass is 16.4. The van der Waals surface area contributed by atoms with Crippen molar-refractivity contribution in [3.8, 4) is 0 Å². The van der Waals surface area contributed by atoms with Crippen molar-refractivity contribution in [2.24, 2.45) is 5.92 Å². The van der Waals surface area contributed by atoms with Gasteiger partial charge in [-0.3, -0.25) is 4.79 Å². The van der Waals surface area contributed by atoms with Crippen LogP contribution in [0.1, 0.15) is 111 Å². The van der Waals surface area contributed by atoms with Gasteiger partial charge in [0.05, 0.1) is 32.3 Å². The molecule has 0 amide bonds. The molecule has 0 fully saturated rings. The molecule has 0 aromatic heterocycles. The first-order valence-corrected chi connectivity index (χ1v) is 13.0. The second kappa shape index (κ2) is 15.7. The largest absolute Gasteiger partial charge is 0.481 e. The summed E-state index contributed by atoms with van der Waals surface area (Å²) in [7, 11) is 3.50. The van der Waals surface area contributed by atoms with E-state index in [2.05, 4.69) is 6.92 Å². The van der Waals surface area contributed by atoms with Crippen LogP contribution in [0.2, 0.25) is 0 Å². The van der Waals surface area contributed by atoms with E-state index in [1.54, 1.807) is 21.0 Å². The first-order valence-electron chi connectivity index (χ1n) is 13.0. The number of nitrogens with zero attached hydrogens (tertiary/aromatic N) is 1. The molecule has 0 rings (SSSR count). The molecule has 0 saturated heterocycles. The smallest absolute Gasteiger partial charge is 0.366 e. The number of hydrogen-bond donors (Lipinski definition) is 4. The predicted octanol–water partition coefficient (Wildman–Crippen LogP) is 4.83. The van der Waals surface area contributed by atoms with Crippen LogP contribution in [0.15, 0.2) is 0 Å². The van der Waals surface area contributed by atoms with Gasteiger partial charge < -0.3 is 24.9 Å². The van der Waals surface area contributed by atoms with Crippen LogP contribution in [-0.2, 0) is 9.59 Å². The summed E-state index contributed by atoms with van der Waals surface area (Å²) in [6.45, 7) is 6.82. The normalized spacial score (nSPS) is 17.7. The van der Waals surface area contributed by atoms with E-state index in [1.165, 1.54) is 58.8 Å². The van der Waals surface area contributed by atoms with Crippen molar-refractivity contribution in [3.63, 3.8) is 0 Å². The van der Waals surface area contributed by atoms with Gasteiger partial charge in [0.1, 0.15) is 5.92 Å². The molecule has 0 aliphatic rings. The molecular weight excluding hydrogens is 422 g/mol. The number of carboxylic acid groups (broad SMARTS) is 2. The Morgan fingerprint density at radius 2 is 1.24 bits per heavy atom. The Bertz CT molecular complexity index is 563. The Labute approximate surface area is 201 Å². The number of quaternary nitrogens is 1. The van der Waals surface area contributed by atoms with Crippen molar-refractivity contribution in [1.82, 2.24) is 0 Å². The number of aliphatic hydroxyl groups excluding tert-OH is 2. The van der Waals surface area contributed by atoms with Crippen LogP contribution in [0.4, 0.5) is 0 Å². The molecule has 0 aromatic rings. The molecule has 7 nitrogen and oxygen atoms in total. The zero-order valence-electron chi connectivity index (χ0n) is 22.1. The fourth-order valence-corrected chi connectivity index (χ4v) is 5.38. The number of aliphatic hydroxyl groups is 2. The van der Waals surface area contributed by atoms with Crippen LogP contribution in [0.3, 0.4) is 0 Å². The second-order valence-corrected chi connectivity index (χ2v) is 10.6. The van der Waals surface area contributed by atoms with E-state index in [4.69, 9.17) is 0 Å². The highest BCUT2D eigenvalue weighted by Gasteiger charge is 2.61. The average Bonchev–Trinajstić information content (AvgIpc) is 2.70. The molecule has 0 aliphatic carbocycles. The van der Waals surface area contributed by atoms with Crippen molar-refractivity contribution >= 4 is 11.9 Å². The zero-order chi connectivity index (χ0) is 25.7. The van der Waals surface area contributed by atoms with Gasteiger partial charge in [-0.2, -0.15) is 0 Å². The molecule has 33 heavy (non-hydrogen) atoms. The molecule has 0 heterocycles. The third-order valence-corrected chi connectivity index (χ3v) is 7.51. The van der Waals surface area contributed by atoms with Crippen molar-refractivity contribution in [2.75, 3.05) is 14.1 Å². The monoisotopic (exact) mass is 474 g/mol. The average molecular weight is 475 g/mol. The quantitative estimate of drug-likeness (QED) is 0.148. The van der Waals surface area contributed by atoms with Crippen LogP contribution in [0.5, 0.6) is 0 Å². The highest BCUT2D eigenvalue weighted by molar-refractivity contribution is 5.85. The fourth-order valence-electron chi connectivity index (χ4n) is 5.38. The Morgan fingerprint density at radius 1 is 0.788 bits per heavy atom. The van der Waals surface area contributed by atoms with Gasteiger partial charge in [0.15, 0.2) is 0 Å². The van der Waals surface area contributed by atoms with Gasteiger partial charge in [-0.05, 0) is 33.6 Å². The maximum atomic E-state index is 12.6. The fraction of sp³-hybridized carbons (Fsp3) is 0.923. The minimum absolute atomic E-state index is 0.0942. The molecule has 4 N–H and O–H groups in total. The summed E-state index contributed by atoms with van der Waals surface area (Å²) in [5, 5.41) is 40.4. The summed E-state index contributed by atoms with van der Waals surface area (Å²) in [4.78, 5) is 24.6. The number of likely N-dealkylation sites (N-methyl/N-ethyl adjacent to an activating group) is 1. The molecule has 196 valence electrons. The maximum absolute atomic E-state index is 12.6. The molecule has 5 unspecified atom stereocenters. The van der Waals surface area contributed by atoms with Crippen molar-refractivity contribution < 1.29 is 34.5 Å². The van der Waals surface area contributed by atoms with Crippen LogP contribution in [0.25, 0.3) is 0 Å². The summed E-state index contributed by atoms with van der Waals surface area (Å²) in [6, 6.07) is -0.240. The summed E-state index contributed by atoms with van der Waals surface area (Å²) in [6.07, 6.45) is 11.3. The van der Waals surface area contributed by atoms with Crippen molar-refractivity contribution in [2.45, 2.75) is 135 Å². The predicted molar refractivity (Wildman–Crippen MR) is 132 cm³/mol. The molecule has 0 aromatic carbocycles. The number of hydrogen-bond acceptors (Lipinski definition) is 4. The number of carbonyl (C=O) groups is 2. The van der Waals surface area contributed by atoms with Crippen LogP contribution < -0.4 is 0 Å². The van der Waals surface area contributed by atoms with Gasteiger partial charge >= 0.3 is 11.9 Å². The third-order valence-electron chi connectivity index (χ3n) is 7.51. The van der Waals surface area contributed by atoms with Gasteiger partial charge in [0.25, 0.3) is 0 Å². The lowest BCUT2D eigenvalue weighted by Gasteiger charge is -2.52. The molecule has 0 bridgehead atoms. The Kier molecular flexibility index (Phi) is 15.1. The molecule has 0 aliphatic heterocycles. The van der Waals surface area contributed by atoms with E-state index in [1.807, 2.05) is 0 Å². The molecule has 0 radical (unpaired) electrons. The lowest BCUT2D eigenvalue weighted by Crippen LogP contribution is -2.73. The number of aliphatic carboxylic acids is 2. The SMILES string of the molecule is CCCCCCCCCCCCC(CC(C)O)[N+](C)(C)C(CC(C)O)(C(=O)O)C(C)C(=O)O. The van der Waals surface area contributed by atoms with Gasteiger partial charge in [0, 0.05) is 12.8 Å². The van der Waals surface area contributed by atoms with Gasteiger partial charge in [0.2, 0.25) is 5.54 Å². The van der Waals surface area contributed by atoms with E-state index in [-0.39, 0.29) is 16.9 Å². The van der Waals surface area contributed by atoms with Crippen LogP contribution >= 0.6 is 0 Å². The van der Waals surface area contributed by atoms with E-state index in [9.17, 15) is 30.0 Å². The Balaban J connectivity index is 5.34. The Morgan fingerprint density at radius 3 is 1.61 bits per heavy atom. The highest BCUT2D eigenvalue weighted by Crippen LogP contribution is 2.39. The molecule has 5 atom stereocenters. The molecule has 0 spiro atoms. The van der Waals surface area contributed by atoms with Crippen LogP contribution in [0, 0.1) is 5.92 Å². The topological polar surface area (TPSA) is 115 Å². The summed E-state index contributed by atoms with van der Waals surface area (Å²) in [5.74, 6) is -3.62.